The van der Waals surface area contributed by atoms with Crippen molar-refractivity contribution in [1.82, 2.24) is 24.9 Å². The van der Waals surface area contributed by atoms with Gasteiger partial charge in [-0.1, -0.05) is 6.92 Å². The maximum Gasteiger partial charge on any atom is 0.257 e. The lowest BCUT2D eigenvalue weighted by atomic mass is 10.1. The number of amides is 2. The highest BCUT2D eigenvalue weighted by Crippen LogP contribution is 2.19. The summed E-state index contributed by atoms with van der Waals surface area (Å²) in [5, 5.41) is 7.17. The molecule has 30 heavy (non-hydrogen) atoms. The minimum absolute atomic E-state index is 0.0410. The standard InChI is InChI=1S/C21H28FN5O3/c1-3-19-18(14-24-27(19)17-6-4-16(22)5-7-17)21(29)26-11-9-25(10-12-26)15-20(28)23-8-13-30-2/h4-7,14H,3,8-13,15H2,1-2H3,(H,23,28). The van der Waals surface area contributed by atoms with Crippen LogP contribution < -0.4 is 5.32 Å². The summed E-state index contributed by atoms with van der Waals surface area (Å²) in [6, 6.07) is 6.05. The largest absolute Gasteiger partial charge is 0.383 e. The summed E-state index contributed by atoms with van der Waals surface area (Å²) < 4.78 is 19.8. The molecule has 2 aromatic rings. The first-order chi connectivity index (χ1) is 14.5. The van der Waals surface area contributed by atoms with Crippen LogP contribution >= 0.6 is 0 Å². The molecule has 0 spiro atoms. The Morgan fingerprint density at radius 2 is 1.87 bits per heavy atom. The molecule has 2 amide bonds. The first-order valence-electron chi connectivity index (χ1n) is 10.1. The second kappa shape index (κ2) is 10.3. The summed E-state index contributed by atoms with van der Waals surface area (Å²) in [6.07, 6.45) is 2.21. The molecule has 9 heteroatoms. The molecular weight excluding hydrogens is 389 g/mol. The molecule has 1 aliphatic rings. The van der Waals surface area contributed by atoms with Crippen LogP contribution in [0.1, 0.15) is 23.0 Å². The number of aromatic nitrogens is 2. The first-order valence-corrected chi connectivity index (χ1v) is 10.1. The zero-order valence-electron chi connectivity index (χ0n) is 17.4. The Kier molecular flexibility index (Phi) is 7.53. The number of nitrogens with one attached hydrogen (secondary N) is 1. The van der Waals surface area contributed by atoms with E-state index in [2.05, 4.69) is 10.4 Å². The molecular formula is C21H28FN5O3. The molecule has 0 atom stereocenters. The number of halogens is 1. The van der Waals surface area contributed by atoms with Crippen molar-refractivity contribution in [2.24, 2.45) is 0 Å². The average Bonchev–Trinajstić information content (AvgIpc) is 3.18. The molecule has 162 valence electrons. The third-order valence-electron chi connectivity index (χ3n) is 5.16. The van der Waals surface area contributed by atoms with Crippen molar-refractivity contribution in [3.8, 4) is 5.69 Å². The summed E-state index contributed by atoms with van der Waals surface area (Å²) in [5.41, 5.74) is 2.08. The van der Waals surface area contributed by atoms with Gasteiger partial charge in [0.25, 0.3) is 5.91 Å². The van der Waals surface area contributed by atoms with Gasteiger partial charge in [-0.3, -0.25) is 14.5 Å². The summed E-state index contributed by atoms with van der Waals surface area (Å²) in [4.78, 5) is 28.9. The van der Waals surface area contributed by atoms with Crippen LogP contribution in [0.5, 0.6) is 0 Å². The van der Waals surface area contributed by atoms with Crippen LogP contribution in [-0.2, 0) is 16.0 Å². The van der Waals surface area contributed by atoms with Gasteiger partial charge in [0.05, 0.1) is 36.3 Å². The zero-order valence-corrected chi connectivity index (χ0v) is 17.4. The van der Waals surface area contributed by atoms with Gasteiger partial charge in [0.15, 0.2) is 0 Å². The van der Waals surface area contributed by atoms with Gasteiger partial charge in [0, 0.05) is 39.8 Å². The van der Waals surface area contributed by atoms with E-state index >= 15 is 0 Å². The number of hydrogen-bond donors (Lipinski definition) is 1. The topological polar surface area (TPSA) is 79.7 Å². The third kappa shape index (κ3) is 5.22. The molecule has 0 unspecified atom stereocenters. The second-order valence-corrected chi connectivity index (χ2v) is 7.16. The Bertz CT molecular complexity index is 860. The van der Waals surface area contributed by atoms with E-state index in [1.807, 2.05) is 11.8 Å². The minimum Gasteiger partial charge on any atom is -0.383 e. The van der Waals surface area contributed by atoms with Crippen LogP contribution in [0, 0.1) is 5.82 Å². The lowest BCUT2D eigenvalue weighted by Gasteiger charge is -2.34. The minimum atomic E-state index is -0.314. The van der Waals surface area contributed by atoms with Gasteiger partial charge < -0.3 is 15.0 Å². The lowest BCUT2D eigenvalue weighted by molar-refractivity contribution is -0.122. The van der Waals surface area contributed by atoms with Gasteiger partial charge in [0.2, 0.25) is 5.91 Å². The van der Waals surface area contributed by atoms with Crippen LogP contribution in [0.15, 0.2) is 30.5 Å². The average molecular weight is 417 g/mol. The Balaban J connectivity index is 1.60. The van der Waals surface area contributed by atoms with Crippen molar-refractivity contribution in [1.29, 1.82) is 0 Å². The maximum atomic E-state index is 13.2. The van der Waals surface area contributed by atoms with Crippen LogP contribution in [0.3, 0.4) is 0 Å². The predicted molar refractivity (Wildman–Crippen MR) is 110 cm³/mol. The van der Waals surface area contributed by atoms with E-state index in [0.717, 1.165) is 11.4 Å². The maximum absolute atomic E-state index is 13.2. The quantitative estimate of drug-likeness (QED) is 0.651. The Morgan fingerprint density at radius 3 is 2.50 bits per heavy atom. The highest BCUT2D eigenvalue weighted by molar-refractivity contribution is 5.95. The smallest absolute Gasteiger partial charge is 0.257 e. The number of benzene rings is 1. The molecule has 1 aromatic carbocycles. The molecule has 0 aliphatic carbocycles. The number of nitrogens with zero attached hydrogens (tertiary/aromatic N) is 4. The van der Waals surface area contributed by atoms with E-state index in [1.165, 1.54) is 12.1 Å². The monoisotopic (exact) mass is 417 g/mol. The van der Waals surface area contributed by atoms with E-state index in [-0.39, 0.29) is 17.6 Å². The molecule has 1 saturated heterocycles. The highest BCUT2D eigenvalue weighted by Gasteiger charge is 2.26. The van der Waals surface area contributed by atoms with E-state index in [1.54, 1.807) is 35.0 Å². The highest BCUT2D eigenvalue weighted by atomic mass is 19.1. The van der Waals surface area contributed by atoms with Gasteiger partial charge in [-0.25, -0.2) is 9.07 Å². The van der Waals surface area contributed by atoms with Gasteiger partial charge >= 0.3 is 0 Å². The normalized spacial score (nSPS) is 14.7. The number of ether oxygens (including phenoxy) is 1. The number of carbonyl (C=O) groups excluding carboxylic acids is 2. The lowest BCUT2D eigenvalue weighted by Crippen LogP contribution is -2.51. The van der Waals surface area contributed by atoms with E-state index in [9.17, 15) is 14.0 Å². The van der Waals surface area contributed by atoms with E-state index in [4.69, 9.17) is 4.74 Å². The summed E-state index contributed by atoms with van der Waals surface area (Å²) in [7, 11) is 1.59. The fraction of sp³-hybridized carbons (Fsp3) is 0.476. The molecule has 1 aromatic heterocycles. The second-order valence-electron chi connectivity index (χ2n) is 7.16. The van der Waals surface area contributed by atoms with Crippen molar-refractivity contribution in [3.05, 3.63) is 47.5 Å². The first kappa shape index (κ1) is 21.9. The fourth-order valence-electron chi connectivity index (χ4n) is 3.53. The van der Waals surface area contributed by atoms with Crippen LogP contribution in [0.25, 0.3) is 5.69 Å². The van der Waals surface area contributed by atoms with Crippen molar-refractivity contribution in [2.45, 2.75) is 13.3 Å². The number of rotatable bonds is 8. The number of hydrogen-bond acceptors (Lipinski definition) is 5. The Labute approximate surface area is 175 Å². The Hall–Kier alpha value is -2.78. The third-order valence-corrected chi connectivity index (χ3v) is 5.16. The molecule has 3 rings (SSSR count). The van der Waals surface area contributed by atoms with Crippen molar-refractivity contribution < 1.29 is 18.7 Å². The molecule has 2 heterocycles. The Morgan fingerprint density at radius 1 is 1.17 bits per heavy atom. The number of methoxy groups -OCH3 is 1. The molecule has 0 saturated carbocycles. The van der Waals surface area contributed by atoms with Crippen molar-refractivity contribution in [3.63, 3.8) is 0 Å². The summed E-state index contributed by atoms with van der Waals surface area (Å²) in [6.45, 7) is 5.63. The molecule has 1 aliphatic heterocycles. The van der Waals surface area contributed by atoms with Crippen LogP contribution in [0.4, 0.5) is 4.39 Å². The van der Waals surface area contributed by atoms with Crippen molar-refractivity contribution in [2.75, 3.05) is 53.0 Å². The molecule has 1 fully saturated rings. The van der Waals surface area contributed by atoms with Gasteiger partial charge in [-0.2, -0.15) is 5.10 Å². The van der Waals surface area contributed by atoms with Crippen molar-refractivity contribution >= 4 is 11.8 Å². The van der Waals surface area contributed by atoms with Gasteiger partial charge in [-0.15, -0.1) is 0 Å². The van der Waals surface area contributed by atoms with Gasteiger partial charge in [0.1, 0.15) is 5.82 Å². The SMILES string of the molecule is CCc1c(C(=O)N2CCN(CC(=O)NCCOC)CC2)cnn1-c1ccc(F)cc1. The van der Waals surface area contributed by atoms with E-state index < -0.39 is 0 Å². The summed E-state index contributed by atoms with van der Waals surface area (Å²) >= 11 is 0. The van der Waals surface area contributed by atoms with Crippen LogP contribution in [-0.4, -0.2) is 84.4 Å². The predicted octanol–water partition coefficient (Wildman–Crippen LogP) is 1.09. The molecule has 8 nitrogen and oxygen atoms in total. The molecule has 0 radical (unpaired) electrons. The molecule has 1 N–H and O–H groups in total. The van der Waals surface area contributed by atoms with E-state index in [0.29, 0.717) is 57.9 Å². The zero-order chi connectivity index (χ0) is 21.5. The van der Waals surface area contributed by atoms with Crippen LogP contribution in [0.2, 0.25) is 0 Å². The number of carbonyl (C=O) groups is 2. The van der Waals surface area contributed by atoms with Gasteiger partial charge in [-0.05, 0) is 30.7 Å². The molecule has 0 bridgehead atoms. The number of piperazine rings is 1. The summed E-state index contributed by atoms with van der Waals surface area (Å²) in [5.74, 6) is -0.421. The fourth-order valence-corrected chi connectivity index (χ4v) is 3.53.